The SMILES string of the molecule is CC(C)CN=C(NN)NC(C)c1cccc(F)c1. The molecule has 0 aromatic heterocycles. The van der Waals surface area contributed by atoms with Gasteiger partial charge in [0.1, 0.15) is 5.82 Å². The van der Waals surface area contributed by atoms with Crippen molar-refractivity contribution in [3.8, 4) is 0 Å². The van der Waals surface area contributed by atoms with E-state index >= 15 is 0 Å². The molecule has 0 amide bonds. The number of nitrogens with two attached hydrogens (primary N) is 1. The van der Waals surface area contributed by atoms with E-state index in [9.17, 15) is 4.39 Å². The lowest BCUT2D eigenvalue weighted by Crippen LogP contribution is -2.42. The van der Waals surface area contributed by atoms with Crippen molar-refractivity contribution in [1.82, 2.24) is 10.7 Å². The molecule has 1 unspecified atom stereocenters. The summed E-state index contributed by atoms with van der Waals surface area (Å²) in [4.78, 5) is 4.31. The maximum Gasteiger partial charge on any atom is 0.206 e. The Labute approximate surface area is 107 Å². The van der Waals surface area contributed by atoms with E-state index in [1.807, 2.05) is 13.0 Å². The summed E-state index contributed by atoms with van der Waals surface area (Å²) < 4.78 is 13.1. The molecule has 0 aliphatic rings. The Kier molecular flexibility index (Phi) is 5.58. The lowest BCUT2D eigenvalue weighted by molar-refractivity contribution is 0.614. The largest absolute Gasteiger partial charge is 0.349 e. The molecule has 100 valence electrons. The molecule has 1 aromatic rings. The van der Waals surface area contributed by atoms with Crippen LogP contribution in [0.5, 0.6) is 0 Å². The highest BCUT2D eigenvalue weighted by atomic mass is 19.1. The van der Waals surface area contributed by atoms with Crippen LogP contribution < -0.4 is 16.6 Å². The van der Waals surface area contributed by atoms with Gasteiger partial charge in [0.2, 0.25) is 5.96 Å². The molecule has 0 aliphatic carbocycles. The third-order valence-electron chi connectivity index (χ3n) is 2.45. The highest BCUT2D eigenvalue weighted by Crippen LogP contribution is 2.13. The molecule has 1 aromatic carbocycles. The molecule has 18 heavy (non-hydrogen) atoms. The third-order valence-corrected chi connectivity index (χ3v) is 2.45. The predicted octanol–water partition coefficient (Wildman–Crippen LogP) is 1.95. The van der Waals surface area contributed by atoms with Gasteiger partial charge in [0.25, 0.3) is 0 Å². The zero-order valence-electron chi connectivity index (χ0n) is 11.1. The first-order valence-corrected chi connectivity index (χ1v) is 6.06. The van der Waals surface area contributed by atoms with Gasteiger partial charge in [0.05, 0.1) is 6.04 Å². The lowest BCUT2D eigenvalue weighted by atomic mass is 10.1. The topological polar surface area (TPSA) is 62.4 Å². The van der Waals surface area contributed by atoms with Gasteiger partial charge in [0, 0.05) is 6.54 Å². The molecule has 0 fully saturated rings. The smallest absolute Gasteiger partial charge is 0.206 e. The van der Waals surface area contributed by atoms with Crippen LogP contribution in [0.25, 0.3) is 0 Å². The van der Waals surface area contributed by atoms with Crippen molar-refractivity contribution in [2.45, 2.75) is 26.8 Å². The first-order chi connectivity index (χ1) is 8.52. The molecule has 0 radical (unpaired) electrons. The summed E-state index contributed by atoms with van der Waals surface area (Å²) in [5.74, 6) is 6.12. The van der Waals surface area contributed by atoms with Crippen LogP contribution in [0.3, 0.4) is 0 Å². The molecule has 0 aliphatic heterocycles. The maximum atomic E-state index is 13.1. The molecular formula is C13H21FN4. The summed E-state index contributed by atoms with van der Waals surface area (Å²) in [6, 6.07) is 6.39. The maximum absolute atomic E-state index is 13.1. The summed E-state index contributed by atoms with van der Waals surface area (Å²) in [7, 11) is 0. The van der Waals surface area contributed by atoms with Crippen LogP contribution in [0.1, 0.15) is 32.4 Å². The van der Waals surface area contributed by atoms with Crippen LogP contribution in [0, 0.1) is 11.7 Å². The Morgan fingerprint density at radius 3 is 2.67 bits per heavy atom. The van der Waals surface area contributed by atoms with Gasteiger partial charge in [0.15, 0.2) is 0 Å². The Morgan fingerprint density at radius 2 is 2.11 bits per heavy atom. The minimum atomic E-state index is -0.248. The van der Waals surface area contributed by atoms with E-state index in [0.29, 0.717) is 18.4 Å². The number of hydrazine groups is 1. The van der Waals surface area contributed by atoms with Crippen molar-refractivity contribution < 1.29 is 4.39 Å². The fourth-order valence-corrected chi connectivity index (χ4v) is 1.47. The van der Waals surface area contributed by atoms with E-state index in [0.717, 1.165) is 5.56 Å². The molecule has 0 heterocycles. The fourth-order valence-electron chi connectivity index (χ4n) is 1.47. The summed E-state index contributed by atoms with van der Waals surface area (Å²) in [5, 5.41) is 3.11. The molecule has 1 rings (SSSR count). The summed E-state index contributed by atoms with van der Waals surface area (Å²) in [5.41, 5.74) is 3.37. The number of hydrogen-bond donors (Lipinski definition) is 3. The highest BCUT2D eigenvalue weighted by molar-refractivity contribution is 5.79. The van der Waals surface area contributed by atoms with Gasteiger partial charge < -0.3 is 5.32 Å². The van der Waals surface area contributed by atoms with Crippen LogP contribution in [0.2, 0.25) is 0 Å². The number of nitrogens with one attached hydrogen (secondary N) is 2. The zero-order valence-corrected chi connectivity index (χ0v) is 11.1. The van der Waals surface area contributed by atoms with Crippen molar-refractivity contribution in [1.29, 1.82) is 0 Å². The minimum absolute atomic E-state index is 0.0670. The number of guanidine groups is 1. The summed E-state index contributed by atoms with van der Waals surface area (Å²) in [6.45, 7) is 6.76. The van der Waals surface area contributed by atoms with Gasteiger partial charge in [-0.05, 0) is 30.5 Å². The number of halogens is 1. The molecule has 4 nitrogen and oxygen atoms in total. The number of nitrogens with zero attached hydrogens (tertiary/aromatic N) is 1. The van der Waals surface area contributed by atoms with E-state index < -0.39 is 0 Å². The van der Waals surface area contributed by atoms with Gasteiger partial charge in [-0.25, -0.2) is 10.2 Å². The monoisotopic (exact) mass is 252 g/mol. The van der Waals surface area contributed by atoms with Crippen molar-refractivity contribution in [3.05, 3.63) is 35.6 Å². The molecule has 0 saturated carbocycles. The van der Waals surface area contributed by atoms with E-state index in [1.54, 1.807) is 6.07 Å². The van der Waals surface area contributed by atoms with Crippen LogP contribution in [-0.4, -0.2) is 12.5 Å². The summed E-state index contributed by atoms with van der Waals surface area (Å²) >= 11 is 0. The summed E-state index contributed by atoms with van der Waals surface area (Å²) in [6.07, 6.45) is 0. The average molecular weight is 252 g/mol. The highest BCUT2D eigenvalue weighted by Gasteiger charge is 2.08. The minimum Gasteiger partial charge on any atom is -0.349 e. The van der Waals surface area contributed by atoms with Gasteiger partial charge in [-0.15, -0.1) is 0 Å². The molecule has 0 bridgehead atoms. The van der Waals surface area contributed by atoms with Gasteiger partial charge in [-0.1, -0.05) is 26.0 Å². The first kappa shape index (κ1) is 14.4. The average Bonchev–Trinajstić information content (AvgIpc) is 2.34. The second-order valence-electron chi connectivity index (χ2n) is 4.65. The molecular weight excluding hydrogens is 231 g/mol. The number of hydrogen-bond acceptors (Lipinski definition) is 2. The molecule has 4 N–H and O–H groups in total. The molecule has 1 atom stereocenters. The molecule has 5 heteroatoms. The Bertz CT molecular complexity index is 404. The Balaban J connectivity index is 2.67. The van der Waals surface area contributed by atoms with Gasteiger partial charge in [-0.3, -0.25) is 10.4 Å². The van der Waals surface area contributed by atoms with Gasteiger partial charge in [-0.2, -0.15) is 0 Å². The Hall–Kier alpha value is -1.62. The van der Waals surface area contributed by atoms with Crippen LogP contribution in [-0.2, 0) is 0 Å². The van der Waals surface area contributed by atoms with Crippen LogP contribution in [0.4, 0.5) is 4.39 Å². The van der Waals surface area contributed by atoms with E-state index in [1.165, 1.54) is 12.1 Å². The van der Waals surface area contributed by atoms with Crippen molar-refractivity contribution in [3.63, 3.8) is 0 Å². The lowest BCUT2D eigenvalue weighted by Gasteiger charge is -2.17. The number of aliphatic imine (C=N–C) groups is 1. The predicted molar refractivity (Wildman–Crippen MR) is 72.4 cm³/mol. The molecule has 0 spiro atoms. The van der Waals surface area contributed by atoms with E-state index in [-0.39, 0.29) is 11.9 Å². The van der Waals surface area contributed by atoms with Crippen molar-refractivity contribution in [2.24, 2.45) is 16.8 Å². The second kappa shape index (κ2) is 6.96. The van der Waals surface area contributed by atoms with Crippen LogP contribution in [0.15, 0.2) is 29.3 Å². The van der Waals surface area contributed by atoms with Crippen molar-refractivity contribution >= 4 is 5.96 Å². The standard InChI is InChI=1S/C13H21FN4/c1-9(2)8-16-13(18-15)17-10(3)11-5-4-6-12(14)7-11/h4-7,9-10H,8,15H2,1-3H3,(H2,16,17,18). The van der Waals surface area contributed by atoms with E-state index in [4.69, 9.17) is 5.84 Å². The zero-order chi connectivity index (χ0) is 13.5. The van der Waals surface area contributed by atoms with Crippen LogP contribution >= 0.6 is 0 Å². The van der Waals surface area contributed by atoms with E-state index in [2.05, 4.69) is 29.6 Å². The second-order valence-corrected chi connectivity index (χ2v) is 4.65. The first-order valence-electron chi connectivity index (χ1n) is 6.06. The fraction of sp³-hybridized carbons (Fsp3) is 0.462. The normalized spacial score (nSPS) is 13.6. The third kappa shape index (κ3) is 4.71. The van der Waals surface area contributed by atoms with Crippen molar-refractivity contribution in [2.75, 3.05) is 6.54 Å². The van der Waals surface area contributed by atoms with Gasteiger partial charge >= 0.3 is 0 Å². The number of rotatable bonds is 4. The quantitative estimate of drug-likeness (QED) is 0.332. The Morgan fingerprint density at radius 1 is 1.39 bits per heavy atom. The number of benzene rings is 1. The molecule has 0 saturated heterocycles.